The minimum absolute atomic E-state index is 0.0697. The molecule has 2 aromatic rings. The van der Waals surface area contributed by atoms with Crippen molar-refractivity contribution in [3.63, 3.8) is 0 Å². The van der Waals surface area contributed by atoms with E-state index in [1.165, 1.54) is 0 Å². The van der Waals surface area contributed by atoms with Crippen molar-refractivity contribution in [1.29, 1.82) is 0 Å². The van der Waals surface area contributed by atoms with Crippen LogP contribution in [0.15, 0.2) is 12.3 Å². The van der Waals surface area contributed by atoms with Crippen LogP contribution in [0.5, 0.6) is 0 Å². The maximum atomic E-state index is 13.7. The third-order valence-corrected chi connectivity index (χ3v) is 5.08. The highest BCUT2D eigenvalue weighted by Crippen LogP contribution is 2.37. The van der Waals surface area contributed by atoms with Gasteiger partial charge in [0.15, 0.2) is 5.82 Å². The molecule has 2 aliphatic heterocycles. The molecule has 0 unspecified atom stereocenters. The molecule has 2 N–H and O–H groups in total. The summed E-state index contributed by atoms with van der Waals surface area (Å²) in [4.78, 5) is 21.0. The normalized spacial score (nSPS) is 22.6. The van der Waals surface area contributed by atoms with Gasteiger partial charge in [0.2, 0.25) is 11.9 Å². The molecule has 2 atom stereocenters. The Morgan fingerprint density at radius 2 is 1.61 bits per heavy atom. The maximum absolute atomic E-state index is 13.7. The van der Waals surface area contributed by atoms with E-state index in [0.717, 1.165) is 12.3 Å². The monoisotopic (exact) mass is 439 g/mol. The van der Waals surface area contributed by atoms with E-state index in [-0.39, 0.29) is 29.4 Å². The van der Waals surface area contributed by atoms with Crippen LogP contribution in [0.4, 0.5) is 30.9 Å². The average molecular weight is 439 g/mol. The second-order valence-corrected chi connectivity index (χ2v) is 7.67. The van der Waals surface area contributed by atoms with Crippen LogP contribution in [0.3, 0.4) is 0 Å². The Kier molecular flexibility index (Phi) is 5.84. The molecule has 4 heterocycles. The Bertz CT molecular complexity index is 927. The Labute approximate surface area is 177 Å². The van der Waals surface area contributed by atoms with Crippen LogP contribution in [-0.2, 0) is 15.7 Å². The zero-order valence-corrected chi connectivity index (χ0v) is 17.3. The third-order valence-electron chi connectivity index (χ3n) is 5.08. The molecular weight excluding hydrogens is 415 g/mol. The fraction of sp³-hybridized carbons (Fsp3) is 0.579. The van der Waals surface area contributed by atoms with E-state index in [9.17, 15) is 13.2 Å². The predicted octanol–water partition coefficient (Wildman–Crippen LogP) is 1.98. The van der Waals surface area contributed by atoms with Crippen molar-refractivity contribution >= 4 is 17.7 Å². The number of aromatic nitrogens is 4. The molecule has 4 rings (SSSR count). The van der Waals surface area contributed by atoms with Crippen LogP contribution in [0.1, 0.15) is 19.4 Å². The highest BCUT2D eigenvalue weighted by Gasteiger charge is 2.36. The number of morpholine rings is 2. The maximum Gasteiger partial charge on any atom is 0.417 e. The molecular formula is C19H24F3N7O2. The SMILES string of the molecule is C[C@@H]1CN(c2nc(-c3cnc(N)cc3C(F)(F)F)nc(N3CCOCC3)n2)C[C@@H](C)O1. The number of anilines is 3. The summed E-state index contributed by atoms with van der Waals surface area (Å²) >= 11 is 0. The van der Waals surface area contributed by atoms with E-state index in [1.54, 1.807) is 0 Å². The fourth-order valence-corrected chi connectivity index (χ4v) is 3.75. The molecule has 0 saturated carbocycles. The van der Waals surface area contributed by atoms with E-state index in [0.29, 0.717) is 51.3 Å². The molecule has 168 valence electrons. The molecule has 0 aromatic carbocycles. The quantitative estimate of drug-likeness (QED) is 0.769. The first-order chi connectivity index (χ1) is 14.7. The highest BCUT2D eigenvalue weighted by atomic mass is 19.4. The second-order valence-electron chi connectivity index (χ2n) is 7.67. The van der Waals surface area contributed by atoms with Crippen LogP contribution in [0.25, 0.3) is 11.4 Å². The van der Waals surface area contributed by atoms with Gasteiger partial charge in [-0.2, -0.15) is 28.1 Å². The largest absolute Gasteiger partial charge is 0.417 e. The van der Waals surface area contributed by atoms with Crippen LogP contribution in [0.2, 0.25) is 0 Å². The number of halogens is 3. The summed E-state index contributed by atoms with van der Waals surface area (Å²) in [5, 5.41) is 0. The van der Waals surface area contributed by atoms with Gasteiger partial charge in [-0.05, 0) is 19.9 Å². The van der Waals surface area contributed by atoms with Crippen LogP contribution in [-0.4, -0.2) is 71.5 Å². The second kappa shape index (κ2) is 8.42. The summed E-state index contributed by atoms with van der Waals surface area (Å²) in [7, 11) is 0. The average Bonchev–Trinajstić information content (AvgIpc) is 2.73. The van der Waals surface area contributed by atoms with Gasteiger partial charge in [-0.15, -0.1) is 0 Å². The topological polar surface area (TPSA) is 103 Å². The summed E-state index contributed by atoms with van der Waals surface area (Å²) in [6.45, 7) is 6.93. The number of nitrogen functional groups attached to an aromatic ring is 1. The van der Waals surface area contributed by atoms with Gasteiger partial charge in [-0.1, -0.05) is 0 Å². The van der Waals surface area contributed by atoms with Crippen molar-refractivity contribution in [2.75, 3.05) is 54.9 Å². The lowest BCUT2D eigenvalue weighted by Gasteiger charge is -2.36. The first-order valence-corrected chi connectivity index (χ1v) is 10.0. The molecule has 2 fully saturated rings. The van der Waals surface area contributed by atoms with Crippen LogP contribution < -0.4 is 15.5 Å². The summed E-state index contributed by atoms with van der Waals surface area (Å²) in [6, 6.07) is 0.798. The molecule has 9 nitrogen and oxygen atoms in total. The Hall–Kier alpha value is -2.73. The zero-order chi connectivity index (χ0) is 22.2. The van der Waals surface area contributed by atoms with Crippen molar-refractivity contribution < 1.29 is 22.6 Å². The van der Waals surface area contributed by atoms with Gasteiger partial charge in [0, 0.05) is 32.4 Å². The number of hydrogen-bond donors (Lipinski definition) is 1. The first kappa shape index (κ1) is 21.5. The van der Waals surface area contributed by atoms with Gasteiger partial charge in [0.05, 0.1) is 36.5 Å². The standard InChI is InChI=1S/C19H24F3N7O2/c1-11-9-29(10-12(2)31-11)18-26-16(25-17(27-18)28-3-5-30-6-4-28)13-8-24-15(23)7-14(13)19(20,21)22/h7-8,11-12H,3-6,9-10H2,1-2H3,(H2,23,24)/t11-,12-/m1/s1. The molecule has 2 aliphatic rings. The lowest BCUT2D eigenvalue weighted by atomic mass is 10.1. The summed E-state index contributed by atoms with van der Waals surface area (Å²) in [5.41, 5.74) is 4.34. The first-order valence-electron chi connectivity index (χ1n) is 10.0. The number of nitrogens with zero attached hydrogens (tertiary/aromatic N) is 6. The van der Waals surface area contributed by atoms with Gasteiger partial charge in [0.25, 0.3) is 0 Å². The minimum atomic E-state index is -4.64. The van der Waals surface area contributed by atoms with Gasteiger partial charge in [-0.25, -0.2) is 4.98 Å². The summed E-state index contributed by atoms with van der Waals surface area (Å²) in [6.07, 6.45) is -3.72. The number of alkyl halides is 3. The molecule has 0 bridgehead atoms. The minimum Gasteiger partial charge on any atom is -0.384 e. The summed E-state index contributed by atoms with van der Waals surface area (Å²) in [5.74, 6) is 0.284. The Morgan fingerprint density at radius 3 is 2.23 bits per heavy atom. The number of ether oxygens (including phenoxy) is 2. The van der Waals surface area contributed by atoms with E-state index in [1.807, 2.05) is 23.6 Å². The number of hydrogen-bond acceptors (Lipinski definition) is 9. The van der Waals surface area contributed by atoms with Crippen molar-refractivity contribution in [3.8, 4) is 11.4 Å². The van der Waals surface area contributed by atoms with Crippen molar-refractivity contribution in [3.05, 3.63) is 17.8 Å². The third kappa shape index (κ3) is 4.79. The van der Waals surface area contributed by atoms with Gasteiger partial charge in [0.1, 0.15) is 5.82 Å². The molecule has 0 aliphatic carbocycles. The zero-order valence-electron chi connectivity index (χ0n) is 17.3. The molecule has 0 amide bonds. The number of pyridine rings is 1. The molecule has 2 saturated heterocycles. The number of rotatable bonds is 3. The molecule has 12 heteroatoms. The van der Waals surface area contributed by atoms with Crippen LogP contribution in [0, 0.1) is 0 Å². The molecule has 2 aromatic heterocycles. The van der Waals surface area contributed by atoms with Crippen LogP contribution >= 0.6 is 0 Å². The van der Waals surface area contributed by atoms with Crippen molar-refractivity contribution in [2.24, 2.45) is 0 Å². The Balaban J connectivity index is 1.82. The van der Waals surface area contributed by atoms with Gasteiger partial charge < -0.3 is 25.0 Å². The molecule has 0 spiro atoms. The van der Waals surface area contributed by atoms with Gasteiger partial charge in [-0.3, -0.25) is 0 Å². The van der Waals surface area contributed by atoms with E-state index in [4.69, 9.17) is 15.2 Å². The highest BCUT2D eigenvalue weighted by molar-refractivity contribution is 5.64. The summed E-state index contributed by atoms with van der Waals surface area (Å²) < 4.78 is 52.3. The lowest BCUT2D eigenvalue weighted by molar-refractivity contribution is -0.137. The van der Waals surface area contributed by atoms with E-state index in [2.05, 4.69) is 19.9 Å². The van der Waals surface area contributed by atoms with Crippen molar-refractivity contribution in [2.45, 2.75) is 32.2 Å². The van der Waals surface area contributed by atoms with E-state index < -0.39 is 11.7 Å². The predicted molar refractivity (Wildman–Crippen MR) is 108 cm³/mol. The fourth-order valence-electron chi connectivity index (χ4n) is 3.75. The van der Waals surface area contributed by atoms with E-state index >= 15 is 0 Å². The molecule has 0 radical (unpaired) electrons. The Morgan fingerprint density at radius 1 is 1.00 bits per heavy atom. The smallest absolute Gasteiger partial charge is 0.384 e. The number of nitrogens with two attached hydrogens (primary N) is 1. The van der Waals surface area contributed by atoms with Crippen molar-refractivity contribution in [1.82, 2.24) is 19.9 Å². The lowest BCUT2D eigenvalue weighted by Crippen LogP contribution is -2.46. The molecule has 31 heavy (non-hydrogen) atoms. The van der Waals surface area contributed by atoms with Gasteiger partial charge >= 0.3 is 6.18 Å².